The Labute approximate surface area is 154 Å². The third-order valence-electron chi connectivity index (χ3n) is 4.03. The second kappa shape index (κ2) is 8.94. The van der Waals surface area contributed by atoms with Gasteiger partial charge in [0.15, 0.2) is 5.78 Å². The van der Waals surface area contributed by atoms with E-state index in [9.17, 15) is 14.4 Å². The monoisotopic (exact) mass is 352 g/mol. The van der Waals surface area contributed by atoms with Crippen LogP contribution in [-0.2, 0) is 16.1 Å². The van der Waals surface area contributed by atoms with Gasteiger partial charge in [-0.05, 0) is 50.6 Å². The molecular weight excluding hydrogens is 328 g/mol. The minimum absolute atomic E-state index is 0.00893. The summed E-state index contributed by atoms with van der Waals surface area (Å²) in [6, 6.07) is 16.3. The van der Waals surface area contributed by atoms with Gasteiger partial charge in [-0.1, -0.05) is 30.3 Å². The van der Waals surface area contributed by atoms with Gasteiger partial charge in [0.25, 0.3) is 0 Å². The van der Waals surface area contributed by atoms with E-state index in [1.165, 1.54) is 6.92 Å². The minimum Gasteiger partial charge on any atom is -0.336 e. The maximum Gasteiger partial charge on any atom is 0.233 e. The number of Topliss-reactive ketones (excluding diaryl/α,β-unsaturated/α-hetero) is 1. The smallest absolute Gasteiger partial charge is 0.233 e. The number of anilines is 1. The molecule has 5 nitrogen and oxygen atoms in total. The van der Waals surface area contributed by atoms with Crippen molar-refractivity contribution in [3.63, 3.8) is 0 Å². The minimum atomic E-state index is -0.371. The number of ketones is 1. The first kappa shape index (κ1) is 19.4. The van der Waals surface area contributed by atoms with Crippen LogP contribution in [0.4, 0.5) is 5.69 Å². The molecule has 136 valence electrons. The predicted molar refractivity (Wildman–Crippen MR) is 102 cm³/mol. The maximum atomic E-state index is 12.6. The standard InChI is InChI=1S/C21H24N2O3/c1-15(2)23(14-17-7-5-4-6-8-17)21(26)13-20(25)22-19-11-9-18(10-12-19)16(3)24/h4-12,15H,13-14H2,1-3H3,(H,22,25). The van der Waals surface area contributed by atoms with Gasteiger partial charge in [0.05, 0.1) is 0 Å². The average Bonchev–Trinajstić information content (AvgIpc) is 2.60. The van der Waals surface area contributed by atoms with Gasteiger partial charge in [-0.3, -0.25) is 14.4 Å². The van der Waals surface area contributed by atoms with E-state index in [-0.39, 0.29) is 30.1 Å². The van der Waals surface area contributed by atoms with Crippen molar-refractivity contribution in [2.75, 3.05) is 5.32 Å². The van der Waals surface area contributed by atoms with Crippen molar-refractivity contribution >= 4 is 23.3 Å². The predicted octanol–water partition coefficient (Wildman–Crippen LogP) is 3.66. The molecule has 2 amide bonds. The highest BCUT2D eigenvalue weighted by atomic mass is 16.2. The third-order valence-corrected chi connectivity index (χ3v) is 4.03. The van der Waals surface area contributed by atoms with Gasteiger partial charge in [0.1, 0.15) is 6.42 Å². The van der Waals surface area contributed by atoms with Gasteiger partial charge < -0.3 is 10.2 Å². The Kier molecular flexibility index (Phi) is 6.67. The second-order valence-corrected chi connectivity index (χ2v) is 6.46. The number of carbonyl (C=O) groups is 3. The molecule has 0 heterocycles. The Bertz CT molecular complexity index is 768. The lowest BCUT2D eigenvalue weighted by atomic mass is 10.1. The van der Waals surface area contributed by atoms with E-state index in [2.05, 4.69) is 5.32 Å². The van der Waals surface area contributed by atoms with E-state index in [0.29, 0.717) is 17.8 Å². The third kappa shape index (κ3) is 5.55. The first-order valence-corrected chi connectivity index (χ1v) is 8.61. The van der Waals surface area contributed by atoms with Crippen LogP contribution < -0.4 is 5.32 Å². The van der Waals surface area contributed by atoms with Crippen molar-refractivity contribution < 1.29 is 14.4 Å². The van der Waals surface area contributed by atoms with Crippen LogP contribution in [0.3, 0.4) is 0 Å². The van der Waals surface area contributed by atoms with Crippen LogP contribution in [0.5, 0.6) is 0 Å². The lowest BCUT2D eigenvalue weighted by molar-refractivity contribution is -0.136. The van der Waals surface area contributed by atoms with Crippen LogP contribution >= 0.6 is 0 Å². The van der Waals surface area contributed by atoms with Crippen LogP contribution in [0.15, 0.2) is 54.6 Å². The summed E-state index contributed by atoms with van der Waals surface area (Å²) < 4.78 is 0. The summed E-state index contributed by atoms with van der Waals surface area (Å²) >= 11 is 0. The Hall–Kier alpha value is -2.95. The topological polar surface area (TPSA) is 66.5 Å². The molecule has 5 heteroatoms. The van der Waals surface area contributed by atoms with Crippen LogP contribution in [-0.4, -0.2) is 28.5 Å². The van der Waals surface area contributed by atoms with E-state index in [4.69, 9.17) is 0 Å². The number of nitrogens with one attached hydrogen (secondary N) is 1. The summed E-state index contributed by atoms with van der Waals surface area (Å²) in [5.74, 6) is -0.627. The highest BCUT2D eigenvalue weighted by molar-refractivity contribution is 6.04. The average molecular weight is 352 g/mol. The Morgan fingerprint density at radius 1 is 0.962 bits per heavy atom. The Balaban J connectivity index is 1.97. The number of hydrogen-bond donors (Lipinski definition) is 1. The number of benzene rings is 2. The first-order chi connectivity index (χ1) is 12.4. The van der Waals surface area contributed by atoms with E-state index < -0.39 is 0 Å². The molecular formula is C21H24N2O3. The van der Waals surface area contributed by atoms with Gasteiger partial charge in [-0.2, -0.15) is 0 Å². The first-order valence-electron chi connectivity index (χ1n) is 8.61. The fourth-order valence-corrected chi connectivity index (χ4v) is 2.57. The summed E-state index contributed by atoms with van der Waals surface area (Å²) in [7, 11) is 0. The highest BCUT2D eigenvalue weighted by Crippen LogP contribution is 2.13. The molecule has 0 spiro atoms. The number of hydrogen-bond acceptors (Lipinski definition) is 3. The van der Waals surface area contributed by atoms with Crippen molar-refractivity contribution in [3.8, 4) is 0 Å². The quantitative estimate of drug-likeness (QED) is 0.611. The molecule has 2 aromatic rings. The fraction of sp³-hybridized carbons (Fsp3) is 0.286. The van der Waals surface area contributed by atoms with Crippen LogP contribution in [0.2, 0.25) is 0 Å². The summed E-state index contributed by atoms with van der Waals surface area (Å²) in [6.07, 6.45) is -0.223. The number of rotatable bonds is 7. The molecule has 0 radical (unpaired) electrons. The molecule has 0 saturated carbocycles. The normalized spacial score (nSPS) is 10.5. The molecule has 0 aliphatic rings. The number of carbonyl (C=O) groups excluding carboxylic acids is 3. The van der Waals surface area contributed by atoms with Gasteiger partial charge in [0, 0.05) is 23.8 Å². The molecule has 2 rings (SSSR count). The van der Waals surface area contributed by atoms with Crippen molar-refractivity contribution in [2.45, 2.75) is 39.8 Å². The van der Waals surface area contributed by atoms with Gasteiger partial charge in [0.2, 0.25) is 11.8 Å². The van der Waals surface area contributed by atoms with Crippen molar-refractivity contribution in [1.82, 2.24) is 4.90 Å². The highest BCUT2D eigenvalue weighted by Gasteiger charge is 2.20. The summed E-state index contributed by atoms with van der Waals surface area (Å²) in [5.41, 5.74) is 2.16. The van der Waals surface area contributed by atoms with E-state index >= 15 is 0 Å². The lowest BCUT2D eigenvalue weighted by Crippen LogP contribution is -2.38. The Morgan fingerprint density at radius 3 is 2.12 bits per heavy atom. The summed E-state index contributed by atoms with van der Waals surface area (Å²) in [4.78, 5) is 37.7. The largest absolute Gasteiger partial charge is 0.336 e. The van der Waals surface area contributed by atoms with Crippen LogP contribution in [0, 0.1) is 0 Å². The van der Waals surface area contributed by atoms with E-state index in [1.54, 1.807) is 29.2 Å². The number of nitrogens with zero attached hydrogens (tertiary/aromatic N) is 1. The van der Waals surface area contributed by atoms with E-state index in [0.717, 1.165) is 5.56 Å². The van der Waals surface area contributed by atoms with Crippen LogP contribution in [0.25, 0.3) is 0 Å². The van der Waals surface area contributed by atoms with Crippen molar-refractivity contribution in [3.05, 3.63) is 65.7 Å². The zero-order chi connectivity index (χ0) is 19.1. The SMILES string of the molecule is CC(=O)c1ccc(NC(=O)CC(=O)N(Cc2ccccc2)C(C)C)cc1. The van der Waals surface area contributed by atoms with Gasteiger partial charge >= 0.3 is 0 Å². The zero-order valence-corrected chi connectivity index (χ0v) is 15.4. The van der Waals surface area contributed by atoms with Crippen molar-refractivity contribution in [2.24, 2.45) is 0 Å². The molecule has 2 aromatic carbocycles. The van der Waals surface area contributed by atoms with Gasteiger partial charge in [-0.15, -0.1) is 0 Å². The molecule has 0 aliphatic heterocycles. The van der Waals surface area contributed by atoms with Crippen LogP contribution in [0.1, 0.15) is 43.1 Å². The fourth-order valence-electron chi connectivity index (χ4n) is 2.57. The molecule has 0 aliphatic carbocycles. The summed E-state index contributed by atoms with van der Waals surface area (Å²) in [6.45, 7) is 5.82. The zero-order valence-electron chi connectivity index (χ0n) is 15.4. The molecule has 0 unspecified atom stereocenters. The maximum absolute atomic E-state index is 12.6. The second-order valence-electron chi connectivity index (χ2n) is 6.46. The Morgan fingerprint density at radius 2 is 1.58 bits per heavy atom. The molecule has 0 atom stereocenters. The van der Waals surface area contributed by atoms with Crippen molar-refractivity contribution in [1.29, 1.82) is 0 Å². The van der Waals surface area contributed by atoms with Gasteiger partial charge in [-0.25, -0.2) is 0 Å². The molecule has 1 N–H and O–H groups in total. The summed E-state index contributed by atoms with van der Waals surface area (Å²) in [5, 5.41) is 2.70. The molecule has 0 fully saturated rings. The molecule has 0 bridgehead atoms. The molecule has 26 heavy (non-hydrogen) atoms. The molecule has 0 aromatic heterocycles. The molecule has 0 saturated heterocycles. The van der Waals surface area contributed by atoms with E-state index in [1.807, 2.05) is 44.2 Å². The lowest BCUT2D eigenvalue weighted by Gasteiger charge is -2.26. The number of amides is 2.